The lowest BCUT2D eigenvalue weighted by atomic mass is 9.97. The Labute approximate surface area is 726 Å². The van der Waals surface area contributed by atoms with Gasteiger partial charge in [-0.2, -0.15) is 0 Å². The second kappa shape index (κ2) is 41.2. The van der Waals surface area contributed by atoms with Crippen LogP contribution in [0, 0.1) is 23.3 Å². The van der Waals surface area contributed by atoms with Gasteiger partial charge in [-0.25, -0.2) is 22.4 Å². The van der Waals surface area contributed by atoms with Crippen LogP contribution < -0.4 is 48.3 Å². The van der Waals surface area contributed by atoms with Crippen molar-refractivity contribution in [2.24, 2.45) is 5.73 Å². The van der Waals surface area contributed by atoms with Gasteiger partial charge in [0, 0.05) is 133 Å². The summed E-state index contributed by atoms with van der Waals surface area (Å²) < 4.78 is 76.6. The summed E-state index contributed by atoms with van der Waals surface area (Å²) in [5.41, 5.74) is 13.4. The van der Waals surface area contributed by atoms with Crippen LogP contribution in [0.1, 0.15) is 176 Å². The first-order chi connectivity index (χ1) is 61.7. The first-order valence-corrected chi connectivity index (χ1v) is 41.5. The molecular weight excluding hydrogens is 1650 g/mol. The maximum absolute atomic E-state index is 15.6. The second-order valence-corrected chi connectivity index (χ2v) is 31.4. The lowest BCUT2D eigenvalue weighted by Crippen LogP contribution is -2.52. The van der Waals surface area contributed by atoms with E-state index in [1.165, 1.54) is 64.7 Å². The number of aromatic nitrogens is 2. The van der Waals surface area contributed by atoms with E-state index in [9.17, 15) is 76.5 Å². The number of carbonyl (C=O) groups is 12. The zero-order valence-corrected chi connectivity index (χ0v) is 68.7. The van der Waals surface area contributed by atoms with Gasteiger partial charge in [-0.15, -0.1) is 0 Å². The number of nitrogens with one attached hydrogen (secondary N) is 8. The molecule has 8 aromatic carbocycles. The van der Waals surface area contributed by atoms with Crippen LogP contribution in [0.15, 0.2) is 170 Å². The molecule has 2 saturated heterocycles. The normalized spacial score (nSPS) is 16.2. The van der Waals surface area contributed by atoms with Gasteiger partial charge in [0.25, 0.3) is 35.4 Å². The molecule has 6 aliphatic rings. The van der Waals surface area contributed by atoms with Crippen LogP contribution in [0.25, 0.3) is 44.1 Å². The second-order valence-electron chi connectivity index (χ2n) is 31.4. The number of hydrogen-bond acceptors (Lipinski definition) is 19. The van der Waals surface area contributed by atoms with Crippen LogP contribution in [-0.4, -0.2) is 169 Å². The monoisotopic (exact) mass is 1740 g/mol. The van der Waals surface area contributed by atoms with Gasteiger partial charge in [0.2, 0.25) is 23.6 Å². The molecule has 4 unspecified atom stereocenters. The highest BCUT2D eigenvalue weighted by atomic mass is 19.1. The minimum Gasteiger partial charge on any atom is -0.479 e. The maximum Gasteiger partial charge on any atom is 0.332 e. The zero-order valence-electron chi connectivity index (χ0n) is 69.7. The number of carboxylic acids is 1. The zero-order chi connectivity index (χ0) is 91.0. The number of anilines is 4. The average Bonchev–Trinajstić information content (AvgIpc) is 1.26. The van der Waals surface area contributed by atoms with Crippen molar-refractivity contribution in [1.29, 1.82) is 0 Å². The number of nitrogens with zero attached hydrogens (tertiary/aromatic N) is 4. The smallest absolute Gasteiger partial charge is 0.332 e. The van der Waals surface area contributed by atoms with Crippen LogP contribution in [-0.2, 0) is 54.7 Å². The molecule has 2 aromatic heterocycles. The lowest BCUT2D eigenvalue weighted by molar-refractivity contribution is -0.147. The van der Waals surface area contributed by atoms with E-state index in [-0.39, 0.29) is 170 Å². The van der Waals surface area contributed by atoms with Crippen molar-refractivity contribution < 1.29 is 96.2 Å². The van der Waals surface area contributed by atoms with Crippen molar-refractivity contribution in [2.75, 3.05) is 37.4 Å². The third-order valence-corrected chi connectivity index (χ3v) is 22.5. The van der Waals surface area contributed by atoms with Crippen molar-refractivity contribution in [3.63, 3.8) is 0 Å². The SMILES string of the molecule is NCCNC(=O)c1ccc(-c2cc3c(Nc4ccccc4)c(C(=O)NC4CC4)cnc3cc2F)cc1F.O=C1CCC(N2Cc3c(CCCC(O)C(=O)CCCNC(=O)c4ccc(-c5cc6c(Nc7ccccc7)c(C(=O)NC7CC7)cnc6cc5F)cc4F)cccc3C2=O)C(=O)N1.O=C1CCC(N2Cc3c(CCCC(O)C(=O)O)cccc3C2=O)C(=O)N1.[2H]CF. The Kier molecular flexibility index (Phi) is 28.9. The molecule has 127 heavy (non-hydrogen) atoms. The summed E-state index contributed by atoms with van der Waals surface area (Å²) >= 11 is 0. The highest BCUT2D eigenvalue weighted by Gasteiger charge is 2.42. The van der Waals surface area contributed by atoms with Crippen molar-refractivity contribution in [1.82, 2.24) is 51.7 Å². The number of para-hydroxylation sites is 2. The first-order valence-electron chi connectivity index (χ1n) is 42.2. The van der Waals surface area contributed by atoms with Crippen molar-refractivity contribution in [3.05, 3.63) is 249 Å². The maximum atomic E-state index is 15.6. The van der Waals surface area contributed by atoms with E-state index in [1.54, 1.807) is 30.3 Å². The number of nitrogens with two attached hydrogens (primary N) is 1. The summed E-state index contributed by atoms with van der Waals surface area (Å²) in [5, 5.41) is 51.8. The highest BCUT2D eigenvalue weighted by Crippen LogP contribution is 2.40. The number of hydrogen-bond donors (Lipinski definition) is 12. The Morgan fingerprint density at radius 2 is 0.929 bits per heavy atom. The van der Waals surface area contributed by atoms with E-state index < -0.39 is 90.1 Å². The number of fused-ring (bicyclic) bond motifs is 4. The molecule has 0 bridgehead atoms. The molecule has 2 saturated carbocycles. The number of rotatable bonds is 30. The summed E-state index contributed by atoms with van der Waals surface area (Å²) in [4.78, 5) is 160. The number of Topliss-reactive ketones (excluding diaryl/α,β-unsaturated/α-hetero) is 1. The molecule has 33 heteroatoms. The Balaban J connectivity index is 0.000000179. The number of aliphatic carboxylic acids is 1. The van der Waals surface area contributed by atoms with Gasteiger partial charge in [0.1, 0.15) is 41.5 Å². The molecule has 0 spiro atoms. The van der Waals surface area contributed by atoms with E-state index in [4.69, 9.17) is 12.2 Å². The van der Waals surface area contributed by atoms with E-state index >= 15 is 13.2 Å². The standard InChI is InChI=1S/C47H44F2N6O7.C28H25F2N5O2.C18H20N2O6.CH3F/c48-36-21-27(32-22-33-38(23-37(32)49)51-24-34(45(60)53-29-15-16-29)43(33)52-28-9-2-1-3-10-28)14-17-31(36)44(59)50-20-6-13-41(57)40(56)12-5-8-26-7-4-11-30-35(26)25-55(47(30)62)39-18-19-42(58)54-46(39)61;29-23-12-16(6-9-19(23)27(36)32-11-10-31)20-13-21-25(14-24(20)30)33-15-22(28(37)35-18-7-8-18)26(21)34-17-4-2-1-3-5-17;21-14(18(25)26)6-2-4-10-3-1-5-11-12(10)9-20(17(11)24)13-7-8-15(22)19-16(13)23;1-2/h1-4,7,9-11,14,17,21-24,29,39-40,56H,5-6,8,12-13,15-16,18-20,25H2,(H,50,59)(H,51,52)(H,53,60)(H,54,58,61);1-6,9,12-15,18H,7-8,10-11,31H2,(H,32,36)(H,33,34)(H,35,37);1,3,5,13-14,21H,2,4,6-9H2,(H,25,26)(H,19,22,23);1H3/i;;;1D. The molecule has 2 aliphatic carbocycles. The predicted molar refractivity (Wildman–Crippen MR) is 460 cm³/mol. The van der Waals surface area contributed by atoms with Crippen molar-refractivity contribution in [3.8, 4) is 22.3 Å². The van der Waals surface area contributed by atoms with Crippen LogP contribution in [0.4, 0.5) is 44.7 Å². The number of carbonyl (C=O) groups excluding carboxylic acids is 11. The Morgan fingerprint density at radius 3 is 1.33 bits per heavy atom. The number of carboxylic acid groups (broad SMARTS) is 1. The number of aliphatic hydroxyl groups is 2. The van der Waals surface area contributed by atoms with Gasteiger partial charge in [0.15, 0.2) is 11.9 Å². The fourth-order valence-corrected chi connectivity index (χ4v) is 15.6. The topological polar surface area (TPSA) is 420 Å². The molecule has 4 fully saturated rings. The number of aliphatic hydroxyl groups excluding tert-OH is 2. The van der Waals surface area contributed by atoms with Gasteiger partial charge in [-0.3, -0.25) is 77.7 Å². The molecule has 28 nitrogen and oxygen atoms in total. The van der Waals surface area contributed by atoms with Crippen LogP contribution >= 0.6 is 0 Å². The molecule has 16 rings (SSSR count). The number of ketones is 1. The fourth-order valence-electron chi connectivity index (χ4n) is 15.6. The molecule has 13 N–H and O–H groups in total. The summed E-state index contributed by atoms with van der Waals surface area (Å²) in [7, 11) is -1.00. The molecule has 0 radical (unpaired) electrons. The van der Waals surface area contributed by atoms with E-state index in [0.29, 0.717) is 82.1 Å². The van der Waals surface area contributed by atoms with E-state index in [2.05, 4.69) is 52.5 Å². The predicted octanol–water partition coefficient (Wildman–Crippen LogP) is 11.3. The number of aryl methyl sites for hydroxylation is 2. The highest BCUT2D eigenvalue weighted by molar-refractivity contribution is 6.12. The van der Waals surface area contributed by atoms with Crippen LogP contribution in [0.5, 0.6) is 0 Å². The van der Waals surface area contributed by atoms with Crippen LogP contribution in [0.2, 0.25) is 0 Å². The van der Waals surface area contributed by atoms with Crippen molar-refractivity contribution in [2.45, 2.75) is 152 Å². The minimum atomic E-state index is -1.40. The summed E-state index contributed by atoms with van der Waals surface area (Å²) in [6, 6.07) is 41.1. The third kappa shape index (κ3) is 21.8. The average molecular weight is 1740 g/mol. The quantitative estimate of drug-likeness (QED) is 0.0113. The van der Waals surface area contributed by atoms with Gasteiger partial charge in [0.05, 0.1) is 53.2 Å². The fraction of sp³-hybridized carbons (Fsp3) is 0.298. The minimum absolute atomic E-state index is 0.0276. The van der Waals surface area contributed by atoms with Gasteiger partial charge >= 0.3 is 5.97 Å². The van der Waals surface area contributed by atoms with E-state index in [0.717, 1.165) is 65.8 Å². The number of alkyl halides is 1. The molecule has 4 aliphatic heterocycles. The number of halogens is 5. The molecular formula is C94H92F5N13O15. The number of amides is 10. The Bertz CT molecular complexity index is 5970. The number of imide groups is 2. The first kappa shape index (κ1) is 89.2. The molecule has 658 valence electrons. The third-order valence-electron chi connectivity index (χ3n) is 22.5. The molecule has 4 atom stereocenters. The van der Waals surface area contributed by atoms with Gasteiger partial charge in [-0.1, -0.05) is 72.8 Å². The largest absolute Gasteiger partial charge is 0.479 e. The Morgan fingerprint density at radius 1 is 0.504 bits per heavy atom. The number of pyridine rings is 2. The van der Waals surface area contributed by atoms with E-state index in [1.807, 2.05) is 72.8 Å². The number of piperidine rings is 2. The van der Waals surface area contributed by atoms with Gasteiger partial charge < -0.3 is 62.8 Å². The summed E-state index contributed by atoms with van der Waals surface area (Å²) in [6.07, 6.45) is 7.17. The molecule has 6 heterocycles. The summed E-state index contributed by atoms with van der Waals surface area (Å²) in [5.74, 6) is -8.66. The lowest BCUT2D eigenvalue weighted by Gasteiger charge is -2.29. The molecule has 10 aromatic rings. The summed E-state index contributed by atoms with van der Waals surface area (Å²) in [6.45, 7) is 0.989. The number of benzene rings is 8. The van der Waals surface area contributed by atoms with Gasteiger partial charge in [-0.05, 0) is 190 Å². The molecule has 10 amide bonds. The Hall–Kier alpha value is -14.1. The van der Waals surface area contributed by atoms with Crippen molar-refractivity contribution >= 4 is 115 Å². The van der Waals surface area contributed by atoms with Crippen LogP contribution in [0.3, 0.4) is 0 Å².